The van der Waals surface area contributed by atoms with Crippen molar-refractivity contribution in [2.45, 2.75) is 25.5 Å². The number of rotatable bonds is 3. The molecular weight excluding hydrogens is 270 g/mol. The minimum absolute atomic E-state index is 0.101. The van der Waals surface area contributed by atoms with Gasteiger partial charge in [-0.2, -0.15) is 0 Å². The number of ether oxygens (including phenoxy) is 1. The van der Waals surface area contributed by atoms with Crippen LogP contribution in [0.25, 0.3) is 0 Å². The van der Waals surface area contributed by atoms with Crippen LogP contribution in [0.15, 0.2) is 28.7 Å². The fourth-order valence-electron chi connectivity index (χ4n) is 1.72. The highest BCUT2D eigenvalue weighted by atomic mass is 79.9. The molecule has 0 aromatic heterocycles. The number of halogens is 1. The Balaban J connectivity index is 1.82. The summed E-state index contributed by atoms with van der Waals surface area (Å²) in [6, 6.07) is 7.67. The van der Waals surface area contributed by atoms with Crippen LogP contribution < -0.4 is 5.32 Å². The van der Waals surface area contributed by atoms with Gasteiger partial charge in [0.15, 0.2) is 0 Å². The number of hydrogen-bond acceptors (Lipinski definition) is 3. The molecule has 1 saturated heterocycles. The molecule has 1 N–H and O–H groups in total. The maximum Gasteiger partial charge on any atom is 0.323 e. The second-order valence-electron chi connectivity index (χ2n) is 3.88. The van der Waals surface area contributed by atoms with Crippen molar-refractivity contribution in [2.24, 2.45) is 0 Å². The minimum Gasteiger partial charge on any atom is -0.460 e. The molecule has 1 aromatic carbocycles. The van der Waals surface area contributed by atoms with Crippen LogP contribution >= 0.6 is 15.9 Å². The van der Waals surface area contributed by atoms with Crippen molar-refractivity contribution in [1.29, 1.82) is 0 Å². The molecule has 16 heavy (non-hydrogen) atoms. The van der Waals surface area contributed by atoms with Gasteiger partial charge in [0, 0.05) is 4.47 Å². The molecule has 1 heterocycles. The van der Waals surface area contributed by atoms with E-state index in [1.807, 2.05) is 24.3 Å². The van der Waals surface area contributed by atoms with Crippen LogP contribution in [0.3, 0.4) is 0 Å². The zero-order valence-corrected chi connectivity index (χ0v) is 10.5. The smallest absolute Gasteiger partial charge is 0.323 e. The highest BCUT2D eigenvalue weighted by Crippen LogP contribution is 2.12. The fraction of sp³-hybridized carbons (Fsp3) is 0.417. The normalized spacial score (nSPS) is 19.7. The van der Waals surface area contributed by atoms with Crippen molar-refractivity contribution < 1.29 is 9.53 Å². The Kier molecular flexibility index (Phi) is 3.96. The molecule has 0 saturated carbocycles. The number of carbonyl (C=O) groups is 1. The van der Waals surface area contributed by atoms with E-state index >= 15 is 0 Å². The monoisotopic (exact) mass is 283 g/mol. The first-order valence-corrected chi connectivity index (χ1v) is 6.19. The van der Waals surface area contributed by atoms with E-state index in [1.165, 1.54) is 0 Å². The van der Waals surface area contributed by atoms with Gasteiger partial charge in [0.05, 0.1) is 0 Å². The quantitative estimate of drug-likeness (QED) is 0.865. The lowest BCUT2D eigenvalue weighted by Crippen LogP contribution is -2.32. The van der Waals surface area contributed by atoms with Crippen molar-refractivity contribution in [1.82, 2.24) is 5.32 Å². The molecule has 0 spiro atoms. The first kappa shape index (κ1) is 11.6. The molecule has 0 unspecified atom stereocenters. The summed E-state index contributed by atoms with van der Waals surface area (Å²) in [7, 11) is 0. The van der Waals surface area contributed by atoms with E-state index in [9.17, 15) is 4.79 Å². The van der Waals surface area contributed by atoms with E-state index in [0.29, 0.717) is 6.61 Å². The SMILES string of the molecule is O=C(OCc1ccc(Br)cc1)[C@H]1CCCN1. The molecule has 86 valence electrons. The number of esters is 1. The van der Waals surface area contributed by atoms with Gasteiger partial charge in [0.1, 0.15) is 12.6 Å². The van der Waals surface area contributed by atoms with Gasteiger partial charge in [0.25, 0.3) is 0 Å². The Morgan fingerprint density at radius 2 is 2.19 bits per heavy atom. The molecule has 1 aliphatic rings. The molecule has 0 bridgehead atoms. The molecule has 1 fully saturated rings. The average Bonchev–Trinajstić information content (AvgIpc) is 2.81. The van der Waals surface area contributed by atoms with Gasteiger partial charge in [-0.3, -0.25) is 4.79 Å². The van der Waals surface area contributed by atoms with Crippen molar-refractivity contribution in [3.05, 3.63) is 34.3 Å². The van der Waals surface area contributed by atoms with Gasteiger partial charge in [-0.05, 0) is 37.1 Å². The third kappa shape index (κ3) is 3.06. The van der Waals surface area contributed by atoms with E-state index in [4.69, 9.17) is 4.74 Å². The third-order valence-electron chi connectivity index (χ3n) is 2.64. The van der Waals surface area contributed by atoms with Crippen LogP contribution in [0, 0.1) is 0 Å². The second-order valence-corrected chi connectivity index (χ2v) is 4.80. The Morgan fingerprint density at radius 1 is 1.44 bits per heavy atom. The molecule has 1 aliphatic heterocycles. The number of hydrogen-bond donors (Lipinski definition) is 1. The molecule has 0 radical (unpaired) electrons. The first-order valence-electron chi connectivity index (χ1n) is 5.40. The van der Waals surface area contributed by atoms with E-state index in [0.717, 1.165) is 29.4 Å². The van der Waals surface area contributed by atoms with E-state index in [-0.39, 0.29) is 12.0 Å². The van der Waals surface area contributed by atoms with Gasteiger partial charge in [-0.15, -0.1) is 0 Å². The van der Waals surface area contributed by atoms with Crippen molar-refractivity contribution >= 4 is 21.9 Å². The standard InChI is InChI=1S/C12H14BrNO2/c13-10-5-3-9(4-6-10)8-16-12(15)11-2-1-7-14-11/h3-6,11,14H,1-2,7-8H2/t11-/m1/s1. The maximum atomic E-state index is 11.6. The molecule has 0 aliphatic carbocycles. The van der Waals surface area contributed by atoms with Gasteiger partial charge < -0.3 is 10.1 Å². The van der Waals surface area contributed by atoms with Crippen molar-refractivity contribution in [3.8, 4) is 0 Å². The van der Waals surface area contributed by atoms with Crippen LogP contribution in [0.1, 0.15) is 18.4 Å². The van der Waals surface area contributed by atoms with Crippen LogP contribution in [0.5, 0.6) is 0 Å². The summed E-state index contributed by atoms with van der Waals surface area (Å²) in [4.78, 5) is 11.6. The largest absolute Gasteiger partial charge is 0.460 e. The molecule has 1 aromatic rings. The van der Waals surface area contributed by atoms with Crippen molar-refractivity contribution in [3.63, 3.8) is 0 Å². The Morgan fingerprint density at radius 3 is 2.81 bits per heavy atom. The van der Waals surface area contributed by atoms with E-state index in [1.54, 1.807) is 0 Å². The van der Waals surface area contributed by atoms with E-state index in [2.05, 4.69) is 21.2 Å². The third-order valence-corrected chi connectivity index (χ3v) is 3.17. The molecular formula is C12H14BrNO2. The van der Waals surface area contributed by atoms with Crippen LogP contribution in [-0.2, 0) is 16.1 Å². The van der Waals surface area contributed by atoms with Crippen LogP contribution in [0.4, 0.5) is 0 Å². The van der Waals surface area contributed by atoms with Gasteiger partial charge in [-0.25, -0.2) is 0 Å². The van der Waals surface area contributed by atoms with Crippen LogP contribution in [0.2, 0.25) is 0 Å². The lowest BCUT2D eigenvalue weighted by Gasteiger charge is -2.10. The van der Waals surface area contributed by atoms with E-state index < -0.39 is 0 Å². The predicted octanol–water partition coefficient (Wildman–Crippen LogP) is 2.24. The molecule has 3 nitrogen and oxygen atoms in total. The summed E-state index contributed by atoms with van der Waals surface area (Å²) in [6.07, 6.45) is 1.94. The average molecular weight is 284 g/mol. The Bertz CT molecular complexity index is 358. The topological polar surface area (TPSA) is 38.3 Å². The summed E-state index contributed by atoms with van der Waals surface area (Å²) in [6.45, 7) is 1.27. The Hall–Kier alpha value is -0.870. The van der Waals surface area contributed by atoms with Gasteiger partial charge in [-0.1, -0.05) is 28.1 Å². The molecule has 2 rings (SSSR count). The zero-order valence-electron chi connectivity index (χ0n) is 8.91. The minimum atomic E-state index is -0.139. The number of carbonyl (C=O) groups excluding carboxylic acids is 1. The highest BCUT2D eigenvalue weighted by Gasteiger charge is 2.23. The van der Waals surface area contributed by atoms with Crippen molar-refractivity contribution in [2.75, 3.05) is 6.54 Å². The summed E-state index contributed by atoms with van der Waals surface area (Å²) in [5.74, 6) is -0.139. The van der Waals surface area contributed by atoms with Crippen LogP contribution in [-0.4, -0.2) is 18.6 Å². The summed E-state index contributed by atoms with van der Waals surface area (Å²) in [5, 5.41) is 3.12. The zero-order chi connectivity index (χ0) is 11.4. The Labute approximate surface area is 103 Å². The van der Waals surface area contributed by atoms with Gasteiger partial charge >= 0.3 is 5.97 Å². The molecule has 4 heteroatoms. The fourth-order valence-corrected chi connectivity index (χ4v) is 1.99. The lowest BCUT2D eigenvalue weighted by atomic mass is 10.2. The summed E-state index contributed by atoms with van der Waals surface area (Å²) >= 11 is 3.36. The number of benzene rings is 1. The number of nitrogens with one attached hydrogen (secondary N) is 1. The molecule has 0 amide bonds. The highest BCUT2D eigenvalue weighted by molar-refractivity contribution is 9.10. The van der Waals surface area contributed by atoms with Gasteiger partial charge in [0.2, 0.25) is 0 Å². The molecule has 1 atom stereocenters. The lowest BCUT2D eigenvalue weighted by molar-refractivity contribution is -0.147. The predicted molar refractivity (Wildman–Crippen MR) is 65.0 cm³/mol. The summed E-state index contributed by atoms with van der Waals surface area (Å²) < 4.78 is 6.26. The summed E-state index contributed by atoms with van der Waals surface area (Å²) in [5.41, 5.74) is 1.01. The first-order chi connectivity index (χ1) is 7.75. The second kappa shape index (κ2) is 5.46. The maximum absolute atomic E-state index is 11.6.